The molecule has 1 heterocycles. The van der Waals surface area contributed by atoms with Gasteiger partial charge >= 0.3 is 6.36 Å². The summed E-state index contributed by atoms with van der Waals surface area (Å²) in [5.41, 5.74) is 0.542. The fourth-order valence-corrected chi connectivity index (χ4v) is 3.19. The minimum Gasteiger partial charge on any atom is -0.406 e. The van der Waals surface area contributed by atoms with Crippen LogP contribution in [0.3, 0.4) is 0 Å². The first-order valence-corrected chi connectivity index (χ1v) is 8.19. The van der Waals surface area contributed by atoms with Crippen molar-refractivity contribution in [3.8, 4) is 5.75 Å². The van der Waals surface area contributed by atoms with Crippen LogP contribution in [0, 0.1) is 0 Å². The van der Waals surface area contributed by atoms with E-state index in [1.165, 1.54) is 23.8 Å². The third kappa shape index (κ3) is 4.74. The van der Waals surface area contributed by atoms with Crippen molar-refractivity contribution in [3.63, 3.8) is 0 Å². The van der Waals surface area contributed by atoms with Gasteiger partial charge in [0, 0.05) is 19.6 Å². The first-order chi connectivity index (χ1) is 11.8. The number of ether oxygens (including phenoxy) is 1. The van der Waals surface area contributed by atoms with Crippen molar-refractivity contribution in [3.05, 3.63) is 65.7 Å². The highest BCUT2D eigenvalue weighted by molar-refractivity contribution is 5.33. The quantitative estimate of drug-likeness (QED) is 0.901. The van der Waals surface area contributed by atoms with Gasteiger partial charge in [0.05, 0.1) is 5.60 Å². The first kappa shape index (κ1) is 17.8. The van der Waals surface area contributed by atoms with Gasteiger partial charge in [-0.15, -0.1) is 13.2 Å². The molecular weight excluding hydrogens is 331 g/mol. The molecule has 0 radical (unpaired) electrons. The second kappa shape index (κ2) is 7.06. The standard InChI is InChI=1S/C19H20F3NO2/c20-19(21,22)25-17-8-4-7-16(13-17)18(24)9-11-23(12-10-18)14-15-5-2-1-3-6-15/h1-8,13,24H,9-12,14H2. The molecule has 2 aromatic rings. The van der Waals surface area contributed by atoms with Crippen LogP contribution in [0.15, 0.2) is 54.6 Å². The number of rotatable bonds is 4. The maximum Gasteiger partial charge on any atom is 0.573 e. The Balaban J connectivity index is 1.65. The molecule has 0 unspecified atom stereocenters. The van der Waals surface area contributed by atoms with Gasteiger partial charge < -0.3 is 9.84 Å². The molecule has 3 rings (SSSR count). The molecule has 0 amide bonds. The molecule has 0 atom stereocenters. The summed E-state index contributed by atoms with van der Waals surface area (Å²) in [4.78, 5) is 2.24. The number of benzene rings is 2. The summed E-state index contributed by atoms with van der Waals surface area (Å²) in [6, 6.07) is 15.7. The lowest BCUT2D eigenvalue weighted by Crippen LogP contribution is -2.42. The summed E-state index contributed by atoms with van der Waals surface area (Å²) in [6.45, 7) is 2.15. The molecule has 1 aliphatic rings. The van der Waals surface area contributed by atoms with E-state index in [0.717, 1.165) is 6.54 Å². The predicted octanol–water partition coefficient (Wildman–Crippen LogP) is 4.07. The van der Waals surface area contributed by atoms with Crippen LogP contribution >= 0.6 is 0 Å². The van der Waals surface area contributed by atoms with Crippen LogP contribution in [0.25, 0.3) is 0 Å². The van der Waals surface area contributed by atoms with Gasteiger partial charge in [0.15, 0.2) is 0 Å². The van der Waals surface area contributed by atoms with Gasteiger partial charge in [0.2, 0.25) is 0 Å². The van der Waals surface area contributed by atoms with Crippen molar-refractivity contribution in [1.82, 2.24) is 4.90 Å². The van der Waals surface area contributed by atoms with Crippen LogP contribution in [-0.2, 0) is 12.1 Å². The summed E-state index contributed by atoms with van der Waals surface area (Å²) in [5, 5.41) is 10.9. The normalized spacial score (nSPS) is 18.1. The van der Waals surface area contributed by atoms with E-state index >= 15 is 0 Å². The fourth-order valence-electron chi connectivity index (χ4n) is 3.19. The fraction of sp³-hybridized carbons (Fsp3) is 0.368. The Hall–Kier alpha value is -2.05. The molecule has 25 heavy (non-hydrogen) atoms. The van der Waals surface area contributed by atoms with E-state index in [-0.39, 0.29) is 5.75 Å². The molecule has 134 valence electrons. The van der Waals surface area contributed by atoms with E-state index in [1.807, 2.05) is 18.2 Å². The molecule has 6 heteroatoms. The van der Waals surface area contributed by atoms with Crippen LogP contribution in [-0.4, -0.2) is 29.5 Å². The van der Waals surface area contributed by atoms with Crippen molar-refractivity contribution in [2.75, 3.05) is 13.1 Å². The molecule has 0 aromatic heterocycles. The van der Waals surface area contributed by atoms with Crippen LogP contribution in [0.1, 0.15) is 24.0 Å². The van der Waals surface area contributed by atoms with Gasteiger partial charge in [-0.3, -0.25) is 4.90 Å². The minimum absolute atomic E-state index is 0.301. The summed E-state index contributed by atoms with van der Waals surface area (Å²) >= 11 is 0. The van der Waals surface area contributed by atoms with Crippen LogP contribution < -0.4 is 4.74 Å². The van der Waals surface area contributed by atoms with E-state index in [1.54, 1.807) is 6.07 Å². The van der Waals surface area contributed by atoms with E-state index in [0.29, 0.717) is 31.5 Å². The molecule has 1 N–H and O–H groups in total. The van der Waals surface area contributed by atoms with E-state index in [2.05, 4.69) is 21.8 Å². The summed E-state index contributed by atoms with van der Waals surface area (Å²) in [7, 11) is 0. The average Bonchev–Trinajstić information content (AvgIpc) is 2.57. The number of likely N-dealkylation sites (tertiary alicyclic amines) is 1. The van der Waals surface area contributed by atoms with Crippen molar-refractivity contribution >= 4 is 0 Å². The zero-order chi connectivity index (χ0) is 17.9. The Morgan fingerprint density at radius 1 is 1.00 bits per heavy atom. The van der Waals surface area contributed by atoms with Crippen molar-refractivity contribution in [2.45, 2.75) is 31.3 Å². The Bertz CT molecular complexity index is 695. The maximum absolute atomic E-state index is 12.4. The molecule has 1 aliphatic heterocycles. The maximum atomic E-state index is 12.4. The number of hydrogen-bond donors (Lipinski definition) is 1. The Morgan fingerprint density at radius 2 is 1.68 bits per heavy atom. The van der Waals surface area contributed by atoms with Crippen molar-refractivity contribution in [2.24, 2.45) is 0 Å². The highest BCUT2D eigenvalue weighted by Gasteiger charge is 2.35. The number of halogens is 3. The number of piperidine rings is 1. The van der Waals surface area contributed by atoms with Gasteiger partial charge in [0.25, 0.3) is 0 Å². The lowest BCUT2D eigenvalue weighted by molar-refractivity contribution is -0.274. The monoisotopic (exact) mass is 351 g/mol. The lowest BCUT2D eigenvalue weighted by Gasteiger charge is -2.38. The van der Waals surface area contributed by atoms with E-state index in [4.69, 9.17) is 0 Å². The highest BCUT2D eigenvalue weighted by Crippen LogP contribution is 2.35. The molecule has 0 aliphatic carbocycles. The minimum atomic E-state index is -4.74. The third-order valence-corrected chi connectivity index (χ3v) is 4.54. The zero-order valence-electron chi connectivity index (χ0n) is 13.7. The summed E-state index contributed by atoms with van der Waals surface area (Å²) < 4.78 is 41.1. The van der Waals surface area contributed by atoms with Gasteiger partial charge in [-0.2, -0.15) is 0 Å². The average molecular weight is 351 g/mol. The molecular formula is C19H20F3NO2. The molecule has 0 spiro atoms. The molecule has 1 fully saturated rings. The van der Waals surface area contributed by atoms with Crippen LogP contribution in [0.2, 0.25) is 0 Å². The summed E-state index contributed by atoms with van der Waals surface area (Å²) in [6.07, 6.45) is -3.80. The predicted molar refractivity (Wildman–Crippen MR) is 88.0 cm³/mol. The highest BCUT2D eigenvalue weighted by atomic mass is 19.4. The Labute approximate surface area is 144 Å². The third-order valence-electron chi connectivity index (χ3n) is 4.54. The van der Waals surface area contributed by atoms with Crippen molar-refractivity contribution < 1.29 is 23.0 Å². The van der Waals surface area contributed by atoms with E-state index in [9.17, 15) is 18.3 Å². The smallest absolute Gasteiger partial charge is 0.406 e. The number of nitrogens with zero attached hydrogens (tertiary/aromatic N) is 1. The molecule has 1 saturated heterocycles. The summed E-state index contributed by atoms with van der Waals surface area (Å²) in [5.74, 6) is -0.301. The van der Waals surface area contributed by atoms with Crippen LogP contribution in [0.4, 0.5) is 13.2 Å². The van der Waals surface area contributed by atoms with Gasteiger partial charge in [0.1, 0.15) is 5.75 Å². The second-order valence-electron chi connectivity index (χ2n) is 6.37. The second-order valence-corrected chi connectivity index (χ2v) is 6.37. The van der Waals surface area contributed by atoms with Gasteiger partial charge in [-0.1, -0.05) is 42.5 Å². The lowest BCUT2D eigenvalue weighted by atomic mass is 9.84. The Kier molecular flexibility index (Phi) is 5.01. The van der Waals surface area contributed by atoms with Crippen molar-refractivity contribution in [1.29, 1.82) is 0 Å². The van der Waals surface area contributed by atoms with Crippen LogP contribution in [0.5, 0.6) is 5.75 Å². The molecule has 3 nitrogen and oxygen atoms in total. The first-order valence-electron chi connectivity index (χ1n) is 8.19. The van der Waals surface area contributed by atoms with Gasteiger partial charge in [-0.05, 0) is 36.1 Å². The SMILES string of the molecule is OC1(c2cccc(OC(F)(F)F)c2)CCN(Cc2ccccc2)CC1. The van der Waals surface area contributed by atoms with E-state index < -0.39 is 12.0 Å². The largest absolute Gasteiger partial charge is 0.573 e. The van der Waals surface area contributed by atoms with Gasteiger partial charge in [-0.25, -0.2) is 0 Å². The number of aliphatic hydroxyl groups is 1. The Morgan fingerprint density at radius 3 is 2.32 bits per heavy atom. The molecule has 0 saturated carbocycles. The molecule has 2 aromatic carbocycles. The number of hydrogen-bond acceptors (Lipinski definition) is 3. The molecule has 0 bridgehead atoms. The number of alkyl halides is 3. The topological polar surface area (TPSA) is 32.7 Å². The zero-order valence-corrected chi connectivity index (χ0v) is 13.7.